The van der Waals surface area contributed by atoms with E-state index in [4.69, 9.17) is 4.74 Å². The van der Waals surface area contributed by atoms with Gasteiger partial charge in [-0.15, -0.1) is 0 Å². The van der Waals surface area contributed by atoms with Gasteiger partial charge >= 0.3 is 0 Å². The number of hydrogen-bond donors (Lipinski definition) is 1. The van der Waals surface area contributed by atoms with Crippen LogP contribution in [0.1, 0.15) is 31.4 Å². The number of aliphatic hydroxyl groups excluding tert-OH is 1. The maximum absolute atomic E-state index is 12.2. The topological polar surface area (TPSA) is 78.8 Å². The molecule has 7 nitrogen and oxygen atoms in total. The third-order valence-corrected chi connectivity index (χ3v) is 5.25. The Hall–Kier alpha value is -3.45. The fraction of sp³-hybridized carbons (Fsp3) is 0.346. The molecule has 0 aliphatic carbocycles. The minimum absolute atomic E-state index is 0.117. The van der Waals surface area contributed by atoms with Crippen LogP contribution in [0.15, 0.2) is 60.6 Å². The summed E-state index contributed by atoms with van der Waals surface area (Å²) in [5, 5.41) is 10.1. The Morgan fingerprint density at radius 2 is 1.76 bits per heavy atom. The van der Waals surface area contributed by atoms with Crippen LogP contribution in [0.3, 0.4) is 0 Å². The Kier molecular flexibility index (Phi) is 9.20. The van der Waals surface area contributed by atoms with Gasteiger partial charge < -0.3 is 19.6 Å². The molecule has 33 heavy (non-hydrogen) atoms. The maximum Gasteiger partial charge on any atom is 0.182 e. The number of hydrogen-bond acceptors (Lipinski definition) is 7. The van der Waals surface area contributed by atoms with Gasteiger partial charge in [-0.25, -0.2) is 9.97 Å². The van der Waals surface area contributed by atoms with Crippen molar-refractivity contribution in [3.63, 3.8) is 0 Å². The number of ether oxygens (including phenoxy) is 1. The van der Waals surface area contributed by atoms with Crippen LogP contribution < -0.4 is 9.80 Å². The number of carbonyl (C=O) groups is 1. The van der Waals surface area contributed by atoms with Gasteiger partial charge in [0.25, 0.3) is 0 Å². The Bertz CT molecular complexity index is 976. The summed E-state index contributed by atoms with van der Waals surface area (Å²) in [7, 11) is 0. The van der Waals surface area contributed by atoms with E-state index >= 15 is 0 Å². The largest absolute Gasteiger partial charge is 0.508 e. The van der Waals surface area contributed by atoms with Crippen molar-refractivity contribution in [2.24, 2.45) is 0 Å². The van der Waals surface area contributed by atoms with Crippen molar-refractivity contribution in [2.45, 2.75) is 20.3 Å². The number of allylic oxidation sites excluding steroid dienone is 3. The highest BCUT2D eigenvalue weighted by Crippen LogP contribution is 2.15. The van der Waals surface area contributed by atoms with Gasteiger partial charge in [-0.05, 0) is 73.0 Å². The molecule has 0 atom stereocenters. The number of aromatic nitrogens is 2. The highest BCUT2D eigenvalue weighted by molar-refractivity contribution is 6.02. The second-order valence-corrected chi connectivity index (χ2v) is 7.72. The van der Waals surface area contributed by atoms with Crippen LogP contribution in [-0.2, 0) is 9.53 Å². The number of rotatable bonds is 10. The molecule has 0 amide bonds. The Morgan fingerprint density at radius 3 is 2.36 bits per heavy atom. The van der Waals surface area contributed by atoms with E-state index in [0.717, 1.165) is 55.4 Å². The Morgan fingerprint density at radius 1 is 1.06 bits per heavy atom. The third kappa shape index (κ3) is 7.57. The van der Waals surface area contributed by atoms with E-state index < -0.39 is 0 Å². The highest BCUT2D eigenvalue weighted by Gasteiger charge is 2.11. The van der Waals surface area contributed by atoms with Crippen molar-refractivity contribution in [3.05, 3.63) is 71.8 Å². The molecule has 7 heteroatoms. The number of aliphatic hydroxyl groups is 1. The van der Waals surface area contributed by atoms with Gasteiger partial charge in [-0.2, -0.15) is 0 Å². The Labute approximate surface area is 195 Å². The summed E-state index contributed by atoms with van der Waals surface area (Å²) in [6.45, 7) is 9.19. The normalized spacial score (nSPS) is 14.8. The van der Waals surface area contributed by atoms with Gasteiger partial charge in [-0.3, -0.25) is 4.79 Å². The summed E-state index contributed by atoms with van der Waals surface area (Å²) in [6.07, 6.45) is 12.1. The average Bonchev–Trinajstić information content (AvgIpc) is 2.86. The van der Waals surface area contributed by atoms with Crippen LogP contribution in [0.2, 0.25) is 0 Å². The van der Waals surface area contributed by atoms with E-state index in [9.17, 15) is 9.90 Å². The molecule has 0 saturated carbocycles. The lowest BCUT2D eigenvalue weighted by Gasteiger charge is -2.27. The standard InChI is InChI=1S/C26H32N4O3/c1-3-13-29(4-2)25-11-7-21(19-27-25)5-9-23(31)18-24(32)10-6-22-8-12-26(28-20-22)30-14-16-33-17-15-30/h5-12,18-20,32H,3-4,13-17H2,1-2H3/b9-5+,10-6+,24-18-. The van der Waals surface area contributed by atoms with Crippen LogP contribution in [0.4, 0.5) is 11.6 Å². The molecule has 1 fully saturated rings. The molecule has 0 unspecified atom stereocenters. The van der Waals surface area contributed by atoms with Crippen LogP contribution >= 0.6 is 0 Å². The number of nitrogens with zero attached hydrogens (tertiary/aromatic N) is 4. The minimum Gasteiger partial charge on any atom is -0.508 e. The number of carbonyl (C=O) groups excluding carboxylic acids is 1. The van der Waals surface area contributed by atoms with Crippen molar-refractivity contribution in [1.29, 1.82) is 0 Å². The molecular weight excluding hydrogens is 416 g/mol. The highest BCUT2D eigenvalue weighted by atomic mass is 16.5. The molecule has 1 saturated heterocycles. The summed E-state index contributed by atoms with van der Waals surface area (Å²) in [6, 6.07) is 7.76. The summed E-state index contributed by atoms with van der Waals surface area (Å²) < 4.78 is 5.36. The van der Waals surface area contributed by atoms with Gasteiger partial charge in [0, 0.05) is 44.6 Å². The van der Waals surface area contributed by atoms with E-state index in [1.54, 1.807) is 24.5 Å². The van der Waals surface area contributed by atoms with Crippen molar-refractivity contribution in [3.8, 4) is 0 Å². The van der Waals surface area contributed by atoms with Gasteiger partial charge in [0.2, 0.25) is 0 Å². The molecule has 174 valence electrons. The van der Waals surface area contributed by atoms with E-state index in [1.165, 1.54) is 18.2 Å². The molecular formula is C26H32N4O3. The zero-order chi connectivity index (χ0) is 23.5. The predicted octanol–water partition coefficient (Wildman–Crippen LogP) is 4.29. The molecule has 3 heterocycles. The molecule has 1 N–H and O–H groups in total. The quantitative estimate of drug-likeness (QED) is 0.330. The van der Waals surface area contributed by atoms with E-state index in [1.807, 2.05) is 24.3 Å². The molecule has 0 spiro atoms. The molecule has 0 radical (unpaired) electrons. The van der Waals surface area contributed by atoms with Crippen molar-refractivity contribution >= 4 is 29.6 Å². The van der Waals surface area contributed by atoms with Crippen molar-refractivity contribution < 1.29 is 14.6 Å². The third-order valence-electron chi connectivity index (χ3n) is 5.25. The van der Waals surface area contributed by atoms with Crippen LogP contribution in [0.25, 0.3) is 12.2 Å². The number of ketones is 1. The first-order valence-corrected chi connectivity index (χ1v) is 11.4. The summed E-state index contributed by atoms with van der Waals surface area (Å²) in [5.74, 6) is 1.42. The lowest BCUT2D eigenvalue weighted by Crippen LogP contribution is -2.36. The average molecular weight is 449 g/mol. The summed E-state index contributed by atoms with van der Waals surface area (Å²) in [5.41, 5.74) is 1.67. The van der Waals surface area contributed by atoms with Crippen molar-refractivity contribution in [1.82, 2.24) is 9.97 Å². The molecule has 1 aliphatic rings. The second-order valence-electron chi connectivity index (χ2n) is 7.72. The maximum atomic E-state index is 12.2. The van der Waals surface area contributed by atoms with Gasteiger partial charge in [-0.1, -0.05) is 6.92 Å². The predicted molar refractivity (Wildman–Crippen MR) is 133 cm³/mol. The summed E-state index contributed by atoms with van der Waals surface area (Å²) >= 11 is 0. The first-order chi connectivity index (χ1) is 16.1. The van der Waals surface area contributed by atoms with Crippen LogP contribution in [-0.4, -0.2) is 60.3 Å². The molecule has 2 aromatic rings. The lowest BCUT2D eigenvalue weighted by atomic mass is 10.2. The second kappa shape index (κ2) is 12.6. The fourth-order valence-corrected chi connectivity index (χ4v) is 3.47. The fourth-order valence-electron chi connectivity index (χ4n) is 3.47. The molecule has 2 aromatic heterocycles. The van der Waals surface area contributed by atoms with E-state index in [0.29, 0.717) is 13.2 Å². The van der Waals surface area contributed by atoms with Gasteiger partial charge in [0.15, 0.2) is 5.78 Å². The molecule has 1 aliphatic heterocycles. The molecule has 0 bridgehead atoms. The summed E-state index contributed by atoms with van der Waals surface area (Å²) in [4.78, 5) is 25.5. The first kappa shape index (κ1) is 24.2. The monoisotopic (exact) mass is 448 g/mol. The van der Waals surface area contributed by atoms with Gasteiger partial charge in [0.1, 0.15) is 17.4 Å². The Balaban J connectivity index is 1.54. The smallest absolute Gasteiger partial charge is 0.182 e. The van der Waals surface area contributed by atoms with Crippen LogP contribution in [0.5, 0.6) is 0 Å². The number of anilines is 2. The lowest BCUT2D eigenvalue weighted by molar-refractivity contribution is -0.110. The minimum atomic E-state index is -0.303. The molecule has 3 rings (SSSR count). The SMILES string of the molecule is CCCN(CC)c1ccc(/C=C/C(=O)/C=C(O)/C=C/c2ccc(N3CCOCC3)nc2)cn1. The number of pyridine rings is 2. The zero-order valence-corrected chi connectivity index (χ0v) is 19.4. The first-order valence-electron chi connectivity index (χ1n) is 11.4. The van der Waals surface area contributed by atoms with Crippen molar-refractivity contribution in [2.75, 3.05) is 49.2 Å². The number of morpholine rings is 1. The van der Waals surface area contributed by atoms with E-state index in [2.05, 4.69) is 33.6 Å². The molecule has 0 aromatic carbocycles. The van der Waals surface area contributed by atoms with Gasteiger partial charge in [0.05, 0.1) is 13.2 Å². The zero-order valence-electron chi connectivity index (χ0n) is 19.4. The van der Waals surface area contributed by atoms with Crippen LogP contribution in [0, 0.1) is 0 Å². The van der Waals surface area contributed by atoms with E-state index in [-0.39, 0.29) is 11.5 Å².